The summed E-state index contributed by atoms with van der Waals surface area (Å²) >= 11 is 9.60. The van der Waals surface area contributed by atoms with E-state index in [9.17, 15) is 4.79 Å². The fraction of sp³-hybridized carbons (Fsp3) is 0.588. The molecule has 3 atom stereocenters. The summed E-state index contributed by atoms with van der Waals surface area (Å²) < 4.78 is 0.759. The van der Waals surface area contributed by atoms with E-state index < -0.39 is 0 Å². The molecule has 0 bridgehead atoms. The molecule has 1 amide bonds. The third kappa shape index (κ3) is 4.01. The first-order valence-corrected chi connectivity index (χ1v) is 8.82. The molecule has 21 heavy (non-hydrogen) atoms. The second-order valence-corrected chi connectivity index (χ2v) is 7.74. The molecule has 2 rings (SSSR count). The summed E-state index contributed by atoms with van der Waals surface area (Å²) in [4.78, 5) is 12.5. The van der Waals surface area contributed by atoms with Crippen molar-refractivity contribution in [2.45, 2.75) is 46.1 Å². The van der Waals surface area contributed by atoms with E-state index in [4.69, 9.17) is 11.6 Å². The van der Waals surface area contributed by atoms with E-state index in [0.717, 1.165) is 10.9 Å². The average Bonchev–Trinajstić information content (AvgIpc) is 2.41. The Morgan fingerprint density at radius 2 is 2.10 bits per heavy atom. The van der Waals surface area contributed by atoms with Crippen LogP contribution in [0.15, 0.2) is 22.7 Å². The van der Waals surface area contributed by atoms with E-state index in [2.05, 4.69) is 42.0 Å². The molecule has 0 heterocycles. The summed E-state index contributed by atoms with van der Waals surface area (Å²) in [5.74, 6) is 1.74. The maximum absolute atomic E-state index is 12.5. The number of nitrogens with one attached hydrogen (secondary N) is 1. The molecule has 2 nitrogen and oxygen atoms in total. The molecule has 4 heteroatoms. The van der Waals surface area contributed by atoms with Crippen LogP contribution in [0.4, 0.5) is 0 Å². The van der Waals surface area contributed by atoms with Crippen molar-refractivity contribution in [2.24, 2.45) is 17.8 Å². The average molecular weight is 373 g/mol. The predicted octanol–water partition coefficient (Wildman–Crippen LogP) is 5.29. The van der Waals surface area contributed by atoms with Gasteiger partial charge in [0.1, 0.15) is 0 Å². The number of halogens is 2. The second-order valence-electron chi connectivity index (χ2n) is 6.51. The highest BCUT2D eigenvalue weighted by Crippen LogP contribution is 2.34. The van der Waals surface area contributed by atoms with Gasteiger partial charge in [0, 0.05) is 10.5 Å². The quantitative estimate of drug-likeness (QED) is 0.767. The van der Waals surface area contributed by atoms with Gasteiger partial charge in [-0.05, 0) is 58.7 Å². The van der Waals surface area contributed by atoms with Crippen molar-refractivity contribution >= 4 is 33.4 Å². The summed E-state index contributed by atoms with van der Waals surface area (Å²) in [6, 6.07) is 5.71. The molecular weight excluding hydrogens is 350 g/mol. The molecule has 1 aromatic carbocycles. The minimum atomic E-state index is -0.0638. The van der Waals surface area contributed by atoms with E-state index in [1.54, 1.807) is 6.07 Å². The van der Waals surface area contributed by atoms with Gasteiger partial charge in [0.15, 0.2) is 0 Å². The van der Waals surface area contributed by atoms with Gasteiger partial charge in [0.05, 0.1) is 10.6 Å². The summed E-state index contributed by atoms with van der Waals surface area (Å²) in [5.41, 5.74) is 0.548. The molecule has 1 saturated carbocycles. The lowest BCUT2D eigenvalue weighted by Crippen LogP contribution is -2.45. The Morgan fingerprint density at radius 1 is 1.38 bits per heavy atom. The molecule has 0 radical (unpaired) electrons. The molecule has 1 N–H and O–H groups in total. The van der Waals surface area contributed by atoms with Crippen molar-refractivity contribution in [2.75, 3.05) is 0 Å². The SMILES string of the molecule is CC1CCC(C(C)C)C(NC(=O)c2cccc(Br)c2Cl)C1. The zero-order chi connectivity index (χ0) is 15.6. The van der Waals surface area contributed by atoms with Gasteiger partial charge in [0.25, 0.3) is 5.91 Å². The Morgan fingerprint density at radius 3 is 2.76 bits per heavy atom. The maximum Gasteiger partial charge on any atom is 0.253 e. The maximum atomic E-state index is 12.5. The number of amides is 1. The highest BCUT2D eigenvalue weighted by Gasteiger charge is 2.32. The van der Waals surface area contributed by atoms with Crippen molar-refractivity contribution in [1.29, 1.82) is 0 Å². The minimum absolute atomic E-state index is 0.0638. The van der Waals surface area contributed by atoms with Crippen molar-refractivity contribution in [3.05, 3.63) is 33.3 Å². The van der Waals surface area contributed by atoms with Gasteiger partial charge in [-0.25, -0.2) is 0 Å². The first kappa shape index (κ1) is 16.8. The van der Waals surface area contributed by atoms with Crippen LogP contribution in [0.5, 0.6) is 0 Å². The largest absolute Gasteiger partial charge is 0.349 e. The van der Waals surface area contributed by atoms with Crippen molar-refractivity contribution in [3.8, 4) is 0 Å². The van der Waals surface area contributed by atoms with Gasteiger partial charge < -0.3 is 5.32 Å². The van der Waals surface area contributed by atoms with Crippen LogP contribution in [0.25, 0.3) is 0 Å². The number of hydrogen-bond donors (Lipinski definition) is 1. The molecular formula is C17H23BrClNO. The summed E-state index contributed by atoms with van der Waals surface area (Å²) in [6.45, 7) is 6.75. The van der Waals surface area contributed by atoms with Crippen LogP contribution >= 0.6 is 27.5 Å². The van der Waals surface area contributed by atoms with Crippen LogP contribution in [0.3, 0.4) is 0 Å². The van der Waals surface area contributed by atoms with E-state index in [0.29, 0.717) is 28.3 Å². The molecule has 0 aromatic heterocycles. The second kappa shape index (κ2) is 7.15. The summed E-state index contributed by atoms with van der Waals surface area (Å²) in [7, 11) is 0. The van der Waals surface area contributed by atoms with Crippen LogP contribution in [0.1, 0.15) is 50.4 Å². The monoisotopic (exact) mass is 371 g/mol. The van der Waals surface area contributed by atoms with E-state index in [1.807, 2.05) is 12.1 Å². The Bertz CT molecular complexity index is 518. The smallest absolute Gasteiger partial charge is 0.253 e. The first-order valence-electron chi connectivity index (χ1n) is 7.65. The van der Waals surface area contributed by atoms with Crippen molar-refractivity contribution < 1.29 is 4.79 Å². The third-order valence-electron chi connectivity index (χ3n) is 4.53. The summed E-state index contributed by atoms with van der Waals surface area (Å²) in [6.07, 6.45) is 3.50. The number of hydrogen-bond acceptors (Lipinski definition) is 1. The zero-order valence-electron chi connectivity index (χ0n) is 12.8. The number of carbonyl (C=O) groups excluding carboxylic acids is 1. The lowest BCUT2D eigenvalue weighted by Gasteiger charge is -2.37. The molecule has 3 unspecified atom stereocenters. The normalized spacial score (nSPS) is 25.9. The fourth-order valence-corrected chi connectivity index (χ4v) is 3.87. The summed E-state index contributed by atoms with van der Waals surface area (Å²) in [5, 5.41) is 3.71. The highest BCUT2D eigenvalue weighted by atomic mass is 79.9. The Balaban J connectivity index is 2.14. The molecule has 0 saturated heterocycles. The number of carbonyl (C=O) groups is 1. The van der Waals surface area contributed by atoms with Gasteiger partial charge >= 0.3 is 0 Å². The van der Waals surface area contributed by atoms with Gasteiger partial charge in [-0.1, -0.05) is 44.9 Å². The van der Waals surface area contributed by atoms with E-state index in [-0.39, 0.29) is 11.9 Å². The zero-order valence-corrected chi connectivity index (χ0v) is 15.2. The number of benzene rings is 1. The van der Waals surface area contributed by atoms with Gasteiger partial charge in [0.2, 0.25) is 0 Å². The third-order valence-corrected chi connectivity index (χ3v) is 5.83. The topological polar surface area (TPSA) is 29.1 Å². The molecule has 0 spiro atoms. The van der Waals surface area contributed by atoms with Gasteiger partial charge in [-0.2, -0.15) is 0 Å². The Labute approximate surface area is 140 Å². The first-order chi connectivity index (χ1) is 9.90. The van der Waals surface area contributed by atoms with Gasteiger partial charge in [-0.15, -0.1) is 0 Å². The highest BCUT2D eigenvalue weighted by molar-refractivity contribution is 9.10. The predicted molar refractivity (Wildman–Crippen MR) is 91.7 cm³/mol. The van der Waals surface area contributed by atoms with Crippen molar-refractivity contribution in [1.82, 2.24) is 5.32 Å². The van der Waals surface area contributed by atoms with E-state index >= 15 is 0 Å². The molecule has 1 aliphatic carbocycles. The van der Waals surface area contributed by atoms with E-state index in [1.165, 1.54) is 12.8 Å². The standard InChI is InChI=1S/C17H23BrClNO/c1-10(2)12-8-7-11(3)9-15(12)20-17(21)13-5-4-6-14(18)16(13)19/h4-6,10-12,15H,7-9H2,1-3H3,(H,20,21). The lowest BCUT2D eigenvalue weighted by molar-refractivity contribution is 0.0868. The van der Waals surface area contributed by atoms with Crippen molar-refractivity contribution in [3.63, 3.8) is 0 Å². The molecule has 1 aromatic rings. The van der Waals surface area contributed by atoms with Crippen LogP contribution in [0, 0.1) is 17.8 Å². The van der Waals surface area contributed by atoms with Crippen LogP contribution in [0.2, 0.25) is 5.02 Å². The molecule has 1 fully saturated rings. The molecule has 0 aliphatic heterocycles. The molecule has 1 aliphatic rings. The van der Waals surface area contributed by atoms with Gasteiger partial charge in [-0.3, -0.25) is 4.79 Å². The lowest BCUT2D eigenvalue weighted by atomic mass is 9.74. The molecule has 116 valence electrons. The minimum Gasteiger partial charge on any atom is -0.349 e. The van der Waals surface area contributed by atoms with Crippen LogP contribution in [-0.2, 0) is 0 Å². The Hall–Kier alpha value is -0.540. The fourth-order valence-electron chi connectivity index (χ4n) is 3.29. The van der Waals surface area contributed by atoms with Crippen LogP contribution < -0.4 is 5.32 Å². The van der Waals surface area contributed by atoms with Crippen LogP contribution in [-0.4, -0.2) is 11.9 Å². The Kier molecular flexibility index (Phi) is 5.73. The number of rotatable bonds is 3.